The molecule has 0 spiro atoms. The van der Waals surface area contributed by atoms with Gasteiger partial charge in [-0.25, -0.2) is 4.99 Å². The number of thioether (sulfide) groups is 1. The van der Waals surface area contributed by atoms with Crippen molar-refractivity contribution in [1.82, 2.24) is 5.32 Å². The van der Waals surface area contributed by atoms with E-state index in [4.69, 9.17) is 26.3 Å². The molecule has 2 aromatic carbocycles. The van der Waals surface area contributed by atoms with Crippen LogP contribution < -0.4 is 14.8 Å². The summed E-state index contributed by atoms with van der Waals surface area (Å²) < 4.78 is 10.9. The number of carbonyl (C=O) groups excluding carboxylic acids is 1. The minimum Gasteiger partial charge on any atom is -0.490 e. The van der Waals surface area contributed by atoms with Gasteiger partial charge in [-0.15, -0.1) is 0 Å². The Hall–Kier alpha value is -2.95. The van der Waals surface area contributed by atoms with Gasteiger partial charge in [0.2, 0.25) is 0 Å². The molecule has 0 saturated carbocycles. The number of amides is 1. The maximum absolute atomic E-state index is 12.3. The van der Waals surface area contributed by atoms with Gasteiger partial charge in [-0.1, -0.05) is 17.7 Å². The molecule has 1 fully saturated rings. The van der Waals surface area contributed by atoms with Crippen LogP contribution in [0, 0.1) is 11.3 Å². The number of ether oxygens (including phenoxy) is 2. The van der Waals surface area contributed by atoms with Crippen LogP contribution in [0.3, 0.4) is 0 Å². The zero-order chi connectivity index (χ0) is 19.9. The average molecular weight is 414 g/mol. The molecule has 0 bridgehead atoms. The second kappa shape index (κ2) is 9.31. The third-order valence-electron chi connectivity index (χ3n) is 3.57. The molecule has 0 aliphatic carbocycles. The maximum Gasteiger partial charge on any atom is 0.264 e. The van der Waals surface area contributed by atoms with Crippen LogP contribution in [0.1, 0.15) is 12.5 Å². The predicted octanol–water partition coefficient (Wildman–Crippen LogP) is 4.53. The van der Waals surface area contributed by atoms with Crippen molar-refractivity contribution >= 4 is 46.2 Å². The number of hydrogen-bond acceptors (Lipinski definition) is 6. The average Bonchev–Trinajstić information content (AvgIpc) is 3.02. The SMILES string of the molecule is CCOc1cc(/C=C2\SC(=Nc3ccc(Cl)cc3)NC2=O)ccc1OCC#N. The molecule has 1 saturated heterocycles. The fourth-order valence-corrected chi connectivity index (χ4v) is 3.34. The van der Waals surface area contributed by atoms with Crippen molar-refractivity contribution in [3.8, 4) is 17.6 Å². The van der Waals surface area contributed by atoms with Crippen LogP contribution in [0.5, 0.6) is 11.5 Å². The third kappa shape index (κ3) is 5.06. The van der Waals surface area contributed by atoms with E-state index < -0.39 is 0 Å². The molecule has 0 unspecified atom stereocenters. The van der Waals surface area contributed by atoms with Crippen LogP contribution >= 0.6 is 23.4 Å². The summed E-state index contributed by atoms with van der Waals surface area (Å²) in [6, 6.07) is 14.2. The molecule has 3 rings (SSSR count). The molecule has 142 valence electrons. The van der Waals surface area contributed by atoms with E-state index in [1.807, 2.05) is 13.0 Å². The molecule has 1 aliphatic heterocycles. The van der Waals surface area contributed by atoms with Crippen LogP contribution in [0.15, 0.2) is 52.4 Å². The Bertz CT molecular complexity index is 981. The molecule has 1 amide bonds. The van der Waals surface area contributed by atoms with Crippen molar-refractivity contribution in [2.24, 2.45) is 4.99 Å². The van der Waals surface area contributed by atoms with Crippen LogP contribution in [0.2, 0.25) is 5.02 Å². The fourth-order valence-electron chi connectivity index (χ4n) is 2.38. The quantitative estimate of drug-likeness (QED) is 0.703. The molecular weight excluding hydrogens is 398 g/mol. The van der Waals surface area contributed by atoms with Crippen LogP contribution in [0.4, 0.5) is 5.69 Å². The standard InChI is InChI=1S/C20H16ClN3O3S/c1-2-26-17-11-13(3-8-16(17)27-10-9-22)12-18-19(25)24-20(28-18)23-15-6-4-14(21)5-7-15/h3-8,11-12H,2,10H2,1H3,(H,23,24,25)/b18-12-. The fraction of sp³-hybridized carbons (Fsp3) is 0.150. The van der Waals surface area contributed by atoms with Gasteiger partial charge >= 0.3 is 0 Å². The van der Waals surface area contributed by atoms with E-state index in [0.717, 1.165) is 5.56 Å². The van der Waals surface area contributed by atoms with E-state index >= 15 is 0 Å². The number of carbonyl (C=O) groups is 1. The van der Waals surface area contributed by atoms with E-state index in [-0.39, 0.29) is 12.5 Å². The summed E-state index contributed by atoms with van der Waals surface area (Å²) in [5, 5.41) is 12.5. The molecule has 1 heterocycles. The number of nitrogens with zero attached hydrogens (tertiary/aromatic N) is 2. The van der Waals surface area contributed by atoms with Crippen LogP contribution in [-0.4, -0.2) is 24.3 Å². The van der Waals surface area contributed by atoms with Gasteiger partial charge < -0.3 is 14.8 Å². The Morgan fingerprint density at radius 1 is 1.21 bits per heavy atom. The molecule has 28 heavy (non-hydrogen) atoms. The highest BCUT2D eigenvalue weighted by atomic mass is 35.5. The van der Waals surface area contributed by atoms with Gasteiger partial charge in [0.05, 0.1) is 17.2 Å². The van der Waals surface area contributed by atoms with Crippen molar-refractivity contribution in [3.05, 3.63) is 58.0 Å². The first-order valence-electron chi connectivity index (χ1n) is 8.41. The summed E-state index contributed by atoms with van der Waals surface area (Å²) >= 11 is 7.12. The molecule has 6 nitrogen and oxygen atoms in total. The lowest BCUT2D eigenvalue weighted by Crippen LogP contribution is -2.19. The topological polar surface area (TPSA) is 83.7 Å². The maximum atomic E-state index is 12.3. The molecular formula is C20H16ClN3O3S. The Kier molecular flexibility index (Phi) is 6.58. The van der Waals surface area contributed by atoms with Crippen LogP contribution in [-0.2, 0) is 4.79 Å². The van der Waals surface area contributed by atoms with Crippen molar-refractivity contribution < 1.29 is 14.3 Å². The minimum absolute atomic E-state index is 0.0662. The van der Waals surface area contributed by atoms with Crippen LogP contribution in [0.25, 0.3) is 6.08 Å². The number of rotatable bonds is 6. The number of halogens is 1. The first-order valence-corrected chi connectivity index (χ1v) is 9.60. The summed E-state index contributed by atoms with van der Waals surface area (Å²) in [5.41, 5.74) is 1.48. The van der Waals surface area contributed by atoms with E-state index in [9.17, 15) is 4.79 Å². The van der Waals surface area contributed by atoms with E-state index in [1.54, 1.807) is 48.5 Å². The largest absolute Gasteiger partial charge is 0.490 e. The second-order valence-corrected chi connectivity index (χ2v) is 7.01. The van der Waals surface area contributed by atoms with Gasteiger partial charge in [0, 0.05) is 5.02 Å². The number of benzene rings is 2. The Morgan fingerprint density at radius 2 is 2.00 bits per heavy atom. The van der Waals surface area contributed by atoms with Crippen molar-refractivity contribution in [2.45, 2.75) is 6.92 Å². The Morgan fingerprint density at radius 3 is 2.71 bits per heavy atom. The first kappa shape index (κ1) is 19.8. The summed E-state index contributed by atoms with van der Waals surface area (Å²) in [5.74, 6) is 0.783. The lowest BCUT2D eigenvalue weighted by Gasteiger charge is -2.10. The highest BCUT2D eigenvalue weighted by Gasteiger charge is 2.24. The number of nitrogens with one attached hydrogen (secondary N) is 1. The molecule has 0 atom stereocenters. The Balaban J connectivity index is 1.81. The first-order chi connectivity index (χ1) is 13.6. The van der Waals surface area contributed by atoms with Gasteiger partial charge in [0.1, 0.15) is 6.07 Å². The smallest absolute Gasteiger partial charge is 0.264 e. The zero-order valence-corrected chi connectivity index (χ0v) is 16.5. The van der Waals surface area contributed by atoms with Crippen molar-refractivity contribution in [3.63, 3.8) is 0 Å². The molecule has 2 aromatic rings. The lowest BCUT2D eigenvalue weighted by atomic mass is 10.2. The zero-order valence-electron chi connectivity index (χ0n) is 14.9. The van der Waals surface area contributed by atoms with E-state index in [2.05, 4.69) is 10.3 Å². The molecule has 0 aromatic heterocycles. The van der Waals surface area contributed by atoms with Crippen molar-refractivity contribution in [2.75, 3.05) is 13.2 Å². The number of nitriles is 1. The van der Waals surface area contributed by atoms with E-state index in [1.165, 1.54) is 11.8 Å². The normalized spacial score (nSPS) is 16.1. The summed E-state index contributed by atoms with van der Waals surface area (Å²) in [7, 11) is 0. The van der Waals surface area contributed by atoms with Gasteiger partial charge in [-0.3, -0.25) is 4.79 Å². The highest BCUT2D eigenvalue weighted by molar-refractivity contribution is 8.18. The second-order valence-electron chi connectivity index (χ2n) is 5.54. The van der Waals surface area contributed by atoms with Gasteiger partial charge in [-0.05, 0) is 66.7 Å². The molecule has 0 radical (unpaired) electrons. The minimum atomic E-state index is -0.222. The van der Waals surface area contributed by atoms with Crippen molar-refractivity contribution in [1.29, 1.82) is 5.26 Å². The number of hydrogen-bond donors (Lipinski definition) is 1. The summed E-state index contributed by atoms with van der Waals surface area (Å²) in [6.07, 6.45) is 1.75. The lowest BCUT2D eigenvalue weighted by molar-refractivity contribution is -0.115. The number of amidine groups is 1. The number of aliphatic imine (C=N–C) groups is 1. The molecule has 1 aliphatic rings. The van der Waals surface area contributed by atoms with Gasteiger partial charge in [0.25, 0.3) is 5.91 Å². The summed E-state index contributed by atoms with van der Waals surface area (Å²) in [4.78, 5) is 17.2. The predicted molar refractivity (Wildman–Crippen MR) is 111 cm³/mol. The molecule has 1 N–H and O–H groups in total. The van der Waals surface area contributed by atoms with E-state index in [0.29, 0.717) is 38.9 Å². The Labute approximate surface area is 171 Å². The van der Waals surface area contributed by atoms with Gasteiger partial charge in [-0.2, -0.15) is 5.26 Å². The third-order valence-corrected chi connectivity index (χ3v) is 4.73. The highest BCUT2D eigenvalue weighted by Crippen LogP contribution is 2.32. The molecule has 8 heteroatoms. The summed E-state index contributed by atoms with van der Waals surface area (Å²) in [6.45, 7) is 2.25. The van der Waals surface area contributed by atoms with Gasteiger partial charge in [0.15, 0.2) is 23.3 Å². The monoisotopic (exact) mass is 413 g/mol.